The summed E-state index contributed by atoms with van der Waals surface area (Å²) >= 11 is 0. The molecular formula is C23H29N3O2. The molecule has 0 aliphatic carbocycles. The third-order valence-corrected chi connectivity index (χ3v) is 5.51. The highest BCUT2D eigenvalue weighted by Crippen LogP contribution is 2.34. The van der Waals surface area contributed by atoms with Crippen LogP contribution in [0.15, 0.2) is 41.4 Å². The maximum Gasteiger partial charge on any atom is 0.436 e. The Morgan fingerprint density at radius 2 is 1.61 bits per heavy atom. The van der Waals surface area contributed by atoms with Crippen LogP contribution >= 0.6 is 0 Å². The van der Waals surface area contributed by atoms with Gasteiger partial charge in [0.2, 0.25) is 5.96 Å². The number of ether oxygens (including phenoxy) is 1. The Balaban J connectivity index is 2.15. The van der Waals surface area contributed by atoms with Crippen LogP contribution in [0.2, 0.25) is 0 Å². The van der Waals surface area contributed by atoms with Crippen LogP contribution in [0.1, 0.15) is 36.1 Å². The van der Waals surface area contributed by atoms with Crippen molar-refractivity contribution < 1.29 is 9.53 Å². The van der Waals surface area contributed by atoms with Gasteiger partial charge in [-0.2, -0.15) is 0 Å². The maximum absolute atomic E-state index is 12.3. The fraction of sp³-hybridized carbons (Fsp3) is 0.391. The van der Waals surface area contributed by atoms with Crippen molar-refractivity contribution in [2.24, 2.45) is 4.99 Å². The number of rotatable bonds is 3. The Kier molecular flexibility index (Phi) is 5.73. The number of anilines is 2. The maximum atomic E-state index is 12.3. The van der Waals surface area contributed by atoms with Gasteiger partial charge in [-0.15, -0.1) is 4.99 Å². The first-order valence-electron chi connectivity index (χ1n) is 9.79. The molecule has 5 heteroatoms. The molecule has 0 spiro atoms. The summed E-state index contributed by atoms with van der Waals surface area (Å²) in [7, 11) is 0. The number of hydrogen-bond acceptors (Lipinski definition) is 2. The lowest BCUT2D eigenvalue weighted by Crippen LogP contribution is -2.37. The summed E-state index contributed by atoms with van der Waals surface area (Å²) in [5.41, 5.74) is 6.95. The van der Waals surface area contributed by atoms with E-state index in [0.29, 0.717) is 12.6 Å². The fourth-order valence-corrected chi connectivity index (χ4v) is 3.68. The summed E-state index contributed by atoms with van der Waals surface area (Å²) in [6.45, 7) is 13.4. The molecule has 1 atom stereocenters. The summed E-state index contributed by atoms with van der Waals surface area (Å²) in [4.78, 5) is 21.0. The second-order valence-electron chi connectivity index (χ2n) is 7.38. The van der Waals surface area contributed by atoms with Gasteiger partial charge in [0.1, 0.15) is 0 Å². The summed E-state index contributed by atoms with van der Waals surface area (Å²) < 4.78 is 5.14. The van der Waals surface area contributed by atoms with E-state index in [1.807, 2.05) is 12.1 Å². The molecule has 0 bridgehead atoms. The van der Waals surface area contributed by atoms with Crippen LogP contribution in [-0.2, 0) is 4.74 Å². The zero-order valence-electron chi connectivity index (χ0n) is 17.6. The monoisotopic (exact) mass is 379 g/mol. The minimum Gasteiger partial charge on any atom is -0.448 e. The molecule has 2 aromatic carbocycles. The number of aliphatic imine (C=N–C) groups is 1. The summed E-state index contributed by atoms with van der Waals surface area (Å²) in [5, 5.41) is 0. The quantitative estimate of drug-likeness (QED) is 0.740. The molecule has 0 radical (unpaired) electrons. The lowest BCUT2D eigenvalue weighted by Gasteiger charge is -2.27. The van der Waals surface area contributed by atoms with Gasteiger partial charge in [0.05, 0.1) is 12.6 Å². The van der Waals surface area contributed by atoms with E-state index in [1.165, 1.54) is 22.3 Å². The molecule has 1 aliphatic rings. The van der Waals surface area contributed by atoms with Crippen LogP contribution < -0.4 is 9.80 Å². The van der Waals surface area contributed by atoms with Crippen molar-refractivity contribution in [2.75, 3.05) is 23.0 Å². The van der Waals surface area contributed by atoms with E-state index in [9.17, 15) is 4.79 Å². The third kappa shape index (κ3) is 3.61. The summed E-state index contributed by atoms with van der Waals surface area (Å²) in [5.74, 6) is 0.619. The van der Waals surface area contributed by atoms with E-state index < -0.39 is 6.09 Å². The second kappa shape index (κ2) is 8.05. The molecule has 28 heavy (non-hydrogen) atoms. The lowest BCUT2D eigenvalue weighted by atomic mass is 10.1. The van der Waals surface area contributed by atoms with Crippen LogP contribution in [0.5, 0.6) is 0 Å². The van der Waals surface area contributed by atoms with Gasteiger partial charge in [0.15, 0.2) is 0 Å². The Hall–Kier alpha value is -2.82. The molecule has 3 rings (SSSR count). The van der Waals surface area contributed by atoms with Gasteiger partial charge in [-0.3, -0.25) is 0 Å². The average molecular weight is 380 g/mol. The standard InChI is InChI=1S/C23H29N3O2/c1-7-28-23(27)24-22-25(20-12-8-10-15(2)18(20)5)14-17(4)26(22)21-13-9-11-16(3)19(21)6/h8-13,17H,7,14H2,1-6H3. The number of hydrogen-bond donors (Lipinski definition) is 0. The van der Waals surface area contributed by atoms with E-state index in [0.717, 1.165) is 17.9 Å². The number of guanidine groups is 1. The first-order valence-corrected chi connectivity index (χ1v) is 9.79. The Bertz CT molecular complexity index is 920. The first kappa shape index (κ1) is 19.9. The molecule has 148 valence electrons. The smallest absolute Gasteiger partial charge is 0.436 e. The predicted molar refractivity (Wildman–Crippen MR) is 116 cm³/mol. The van der Waals surface area contributed by atoms with Crippen LogP contribution in [0.4, 0.5) is 16.2 Å². The molecule has 1 unspecified atom stereocenters. The van der Waals surface area contributed by atoms with Crippen LogP contribution in [0.25, 0.3) is 0 Å². The third-order valence-electron chi connectivity index (χ3n) is 5.51. The molecule has 2 aromatic rings. The molecule has 1 aliphatic heterocycles. The minimum atomic E-state index is -0.558. The van der Waals surface area contributed by atoms with Crippen molar-refractivity contribution in [3.05, 3.63) is 58.7 Å². The number of aryl methyl sites for hydroxylation is 2. The van der Waals surface area contributed by atoms with Crippen LogP contribution in [0, 0.1) is 27.7 Å². The van der Waals surface area contributed by atoms with Gasteiger partial charge in [-0.25, -0.2) is 4.79 Å². The van der Waals surface area contributed by atoms with Gasteiger partial charge < -0.3 is 14.5 Å². The van der Waals surface area contributed by atoms with Gasteiger partial charge >= 0.3 is 6.09 Å². The van der Waals surface area contributed by atoms with Crippen molar-refractivity contribution >= 4 is 23.4 Å². The topological polar surface area (TPSA) is 45.1 Å². The molecule has 1 amide bonds. The molecule has 1 saturated heterocycles. The van der Waals surface area contributed by atoms with Gasteiger partial charge in [-0.05, 0) is 75.9 Å². The van der Waals surface area contributed by atoms with Gasteiger partial charge in [0.25, 0.3) is 0 Å². The highest BCUT2D eigenvalue weighted by Gasteiger charge is 2.37. The molecule has 0 saturated carbocycles. The van der Waals surface area contributed by atoms with Crippen LogP contribution in [-0.4, -0.2) is 31.2 Å². The SMILES string of the molecule is CCOC(=O)N=C1N(c2cccc(C)c2C)CC(C)N1c1cccc(C)c1C. The molecule has 0 N–H and O–H groups in total. The predicted octanol–water partition coefficient (Wildman–Crippen LogP) is 5.15. The van der Waals surface area contributed by atoms with E-state index in [2.05, 4.69) is 73.7 Å². The Labute approximate surface area is 167 Å². The molecule has 0 aromatic heterocycles. The Morgan fingerprint density at radius 3 is 2.21 bits per heavy atom. The lowest BCUT2D eigenvalue weighted by molar-refractivity contribution is 0.163. The number of nitrogens with zero attached hydrogens (tertiary/aromatic N) is 3. The molecule has 5 nitrogen and oxygen atoms in total. The second-order valence-corrected chi connectivity index (χ2v) is 7.38. The van der Waals surface area contributed by atoms with E-state index >= 15 is 0 Å². The summed E-state index contributed by atoms with van der Waals surface area (Å²) in [6, 6.07) is 12.6. The molecule has 1 fully saturated rings. The van der Waals surface area contributed by atoms with E-state index in [-0.39, 0.29) is 6.04 Å². The molecule has 1 heterocycles. The largest absolute Gasteiger partial charge is 0.448 e. The molecular weight excluding hydrogens is 350 g/mol. The van der Waals surface area contributed by atoms with E-state index in [1.54, 1.807) is 6.92 Å². The zero-order chi connectivity index (χ0) is 20.4. The van der Waals surface area contributed by atoms with Gasteiger partial charge in [-0.1, -0.05) is 24.3 Å². The zero-order valence-corrected chi connectivity index (χ0v) is 17.6. The van der Waals surface area contributed by atoms with Crippen molar-refractivity contribution in [2.45, 2.75) is 47.6 Å². The van der Waals surface area contributed by atoms with Crippen molar-refractivity contribution in [3.63, 3.8) is 0 Å². The number of carbonyl (C=O) groups excluding carboxylic acids is 1. The normalized spacial score (nSPS) is 18.1. The minimum absolute atomic E-state index is 0.161. The number of amides is 1. The van der Waals surface area contributed by atoms with Crippen molar-refractivity contribution in [1.29, 1.82) is 0 Å². The Morgan fingerprint density at radius 1 is 1.04 bits per heavy atom. The van der Waals surface area contributed by atoms with Crippen molar-refractivity contribution in [3.8, 4) is 0 Å². The fourth-order valence-electron chi connectivity index (χ4n) is 3.68. The number of carbonyl (C=O) groups is 1. The average Bonchev–Trinajstić information content (AvgIpc) is 2.96. The van der Waals surface area contributed by atoms with Gasteiger partial charge in [0, 0.05) is 17.9 Å². The highest BCUT2D eigenvalue weighted by molar-refractivity contribution is 6.14. The van der Waals surface area contributed by atoms with Crippen LogP contribution in [0.3, 0.4) is 0 Å². The summed E-state index contributed by atoms with van der Waals surface area (Å²) in [6.07, 6.45) is -0.558. The van der Waals surface area contributed by atoms with Crippen molar-refractivity contribution in [1.82, 2.24) is 0 Å². The first-order chi connectivity index (χ1) is 13.3. The number of benzene rings is 2. The highest BCUT2D eigenvalue weighted by atomic mass is 16.5. The van der Waals surface area contributed by atoms with E-state index in [4.69, 9.17) is 4.74 Å².